The molecule has 2 N–H and O–H groups in total. The fourth-order valence-electron chi connectivity index (χ4n) is 1.91. The number of hydrogen-bond donors (Lipinski definition) is 2. The summed E-state index contributed by atoms with van der Waals surface area (Å²) in [6.45, 7) is 2.37. The Hall–Kier alpha value is -2.31. The number of benzene rings is 1. The number of hydrogen-bond acceptors (Lipinski definition) is 3. The van der Waals surface area contributed by atoms with E-state index in [1.54, 1.807) is 13.0 Å². The zero-order valence-corrected chi connectivity index (χ0v) is 11.3. The third kappa shape index (κ3) is 3.62. The first-order valence-electron chi connectivity index (χ1n) is 6.38. The minimum Gasteiger partial charge on any atom is -0.376 e. The zero-order valence-electron chi connectivity index (χ0n) is 11.3. The van der Waals surface area contributed by atoms with E-state index in [2.05, 4.69) is 15.6 Å². The molecule has 112 valence electrons. The quantitative estimate of drug-likeness (QED) is 0.912. The largest absolute Gasteiger partial charge is 0.416 e. The van der Waals surface area contributed by atoms with Crippen molar-refractivity contribution in [1.82, 2.24) is 10.3 Å². The molecule has 0 aliphatic rings. The fourth-order valence-corrected chi connectivity index (χ4v) is 1.91. The molecule has 0 radical (unpaired) electrons. The molecule has 1 heterocycles. The second kappa shape index (κ2) is 5.99. The molecule has 0 saturated heterocycles. The number of alkyl halides is 3. The second-order valence-corrected chi connectivity index (χ2v) is 4.40. The van der Waals surface area contributed by atoms with E-state index in [1.807, 2.05) is 0 Å². The highest BCUT2D eigenvalue weighted by atomic mass is 19.4. The van der Waals surface area contributed by atoms with Gasteiger partial charge in [0.05, 0.1) is 17.6 Å². The van der Waals surface area contributed by atoms with Crippen LogP contribution < -0.4 is 10.6 Å². The van der Waals surface area contributed by atoms with E-state index >= 15 is 0 Å². The topological polar surface area (TPSA) is 54.0 Å². The summed E-state index contributed by atoms with van der Waals surface area (Å²) in [6.07, 6.45) is -3.00. The molecule has 1 amide bonds. The van der Waals surface area contributed by atoms with Gasteiger partial charge < -0.3 is 10.6 Å². The predicted molar refractivity (Wildman–Crippen MR) is 73.9 cm³/mol. The van der Waals surface area contributed by atoms with Gasteiger partial charge in [-0.25, -0.2) is 0 Å². The van der Waals surface area contributed by atoms with E-state index < -0.39 is 11.7 Å². The van der Waals surface area contributed by atoms with E-state index in [9.17, 15) is 18.0 Å². The van der Waals surface area contributed by atoms with E-state index in [0.717, 1.165) is 12.1 Å². The van der Waals surface area contributed by atoms with Crippen LogP contribution in [0.3, 0.4) is 0 Å². The van der Waals surface area contributed by atoms with Gasteiger partial charge in [-0.2, -0.15) is 13.2 Å². The maximum Gasteiger partial charge on any atom is 0.416 e. The highest BCUT2D eigenvalue weighted by Gasteiger charge is 2.30. The summed E-state index contributed by atoms with van der Waals surface area (Å²) >= 11 is 0. The molecule has 2 rings (SSSR count). The third-order valence-electron chi connectivity index (χ3n) is 2.88. The molecule has 1 aromatic carbocycles. The summed E-state index contributed by atoms with van der Waals surface area (Å²) in [5.74, 6) is -0.186. The number of aromatic nitrogens is 1. The van der Waals surface area contributed by atoms with Gasteiger partial charge in [-0.15, -0.1) is 0 Å². The lowest BCUT2D eigenvalue weighted by Gasteiger charge is -2.11. The van der Waals surface area contributed by atoms with E-state index in [-0.39, 0.29) is 18.0 Å². The van der Waals surface area contributed by atoms with Gasteiger partial charge in [-0.1, -0.05) is 6.07 Å². The van der Waals surface area contributed by atoms with Crippen molar-refractivity contribution in [2.75, 3.05) is 18.4 Å². The molecule has 4 nitrogen and oxygen atoms in total. The van der Waals surface area contributed by atoms with Crippen LogP contribution in [0.2, 0.25) is 0 Å². The predicted octanol–water partition coefficient (Wildman–Crippen LogP) is 2.80. The van der Waals surface area contributed by atoms with Gasteiger partial charge in [0.15, 0.2) is 0 Å². The van der Waals surface area contributed by atoms with Crippen molar-refractivity contribution in [2.24, 2.45) is 0 Å². The smallest absolute Gasteiger partial charge is 0.376 e. The Morgan fingerprint density at radius 1 is 1.29 bits per heavy atom. The minimum absolute atomic E-state index is 0.0496. The molecular formula is C14H14F3N3O. The molecule has 1 aromatic heterocycles. The van der Waals surface area contributed by atoms with Crippen LogP contribution in [0, 0.1) is 0 Å². The van der Waals surface area contributed by atoms with Gasteiger partial charge in [0.2, 0.25) is 5.91 Å². The van der Waals surface area contributed by atoms with E-state index in [1.165, 1.54) is 12.3 Å². The van der Waals surface area contributed by atoms with Gasteiger partial charge in [0.1, 0.15) is 0 Å². The average molecular weight is 297 g/mol. The second-order valence-electron chi connectivity index (χ2n) is 4.40. The highest BCUT2D eigenvalue weighted by molar-refractivity contribution is 5.93. The Bertz CT molecular complexity index is 655. The Morgan fingerprint density at radius 2 is 2.05 bits per heavy atom. The Balaban J connectivity index is 2.28. The van der Waals surface area contributed by atoms with Gasteiger partial charge in [-0.3, -0.25) is 9.78 Å². The average Bonchev–Trinajstić information content (AvgIpc) is 2.43. The zero-order chi connectivity index (χ0) is 15.5. The van der Waals surface area contributed by atoms with Crippen LogP contribution >= 0.6 is 0 Å². The number of nitrogens with zero attached hydrogens (tertiary/aromatic N) is 1. The van der Waals surface area contributed by atoms with Crippen LogP contribution in [0.1, 0.15) is 12.5 Å². The van der Waals surface area contributed by atoms with E-state index in [0.29, 0.717) is 17.6 Å². The minimum atomic E-state index is -4.40. The normalized spacial score (nSPS) is 11.4. The number of likely N-dealkylation sites (N-methyl/N-ethyl adjacent to an activating group) is 1. The number of anilines is 1. The molecule has 0 aliphatic carbocycles. The standard InChI is InChI=1S/C14H14F3N3O/c1-2-18-13(21)8-20-11-5-6-19-12-7-9(14(15,16)17)3-4-10(11)12/h3-7H,2,8H2,1H3,(H,18,21)(H,19,20). The molecule has 2 aromatic rings. The van der Waals surface area contributed by atoms with Crippen LogP contribution in [-0.2, 0) is 11.0 Å². The van der Waals surface area contributed by atoms with Crippen molar-refractivity contribution in [3.05, 3.63) is 36.0 Å². The van der Waals surface area contributed by atoms with E-state index in [4.69, 9.17) is 0 Å². The number of carbonyl (C=O) groups is 1. The van der Waals surface area contributed by atoms with Gasteiger partial charge >= 0.3 is 6.18 Å². The number of fused-ring (bicyclic) bond motifs is 1. The first-order chi connectivity index (χ1) is 9.91. The van der Waals surface area contributed by atoms with Crippen LogP contribution in [0.4, 0.5) is 18.9 Å². The molecule has 0 spiro atoms. The lowest BCUT2D eigenvalue weighted by Crippen LogP contribution is -2.29. The van der Waals surface area contributed by atoms with Crippen molar-refractivity contribution in [1.29, 1.82) is 0 Å². The van der Waals surface area contributed by atoms with Crippen LogP contribution in [0.25, 0.3) is 10.9 Å². The fraction of sp³-hybridized carbons (Fsp3) is 0.286. The molecule has 7 heteroatoms. The first-order valence-corrected chi connectivity index (χ1v) is 6.38. The summed E-state index contributed by atoms with van der Waals surface area (Å²) in [5, 5.41) is 6.06. The van der Waals surface area contributed by atoms with Gasteiger partial charge in [-0.05, 0) is 25.1 Å². The molecular weight excluding hydrogens is 283 g/mol. The summed E-state index contributed by atoms with van der Waals surface area (Å²) in [4.78, 5) is 15.3. The van der Waals surface area contributed by atoms with Gasteiger partial charge in [0.25, 0.3) is 0 Å². The molecule has 0 fully saturated rings. The Morgan fingerprint density at radius 3 is 2.71 bits per heavy atom. The van der Waals surface area contributed by atoms with Crippen molar-refractivity contribution in [3.8, 4) is 0 Å². The third-order valence-corrected chi connectivity index (χ3v) is 2.88. The first kappa shape index (κ1) is 15.1. The number of pyridine rings is 1. The lowest BCUT2D eigenvalue weighted by molar-refractivity contribution is -0.137. The number of rotatable bonds is 4. The number of halogens is 3. The Kier molecular flexibility index (Phi) is 4.30. The van der Waals surface area contributed by atoms with Crippen LogP contribution in [0.5, 0.6) is 0 Å². The SMILES string of the molecule is CCNC(=O)CNc1ccnc2cc(C(F)(F)F)ccc12. The molecule has 0 bridgehead atoms. The number of nitrogens with one attached hydrogen (secondary N) is 2. The van der Waals surface area contributed by atoms with Crippen LogP contribution in [-0.4, -0.2) is 24.0 Å². The van der Waals surface area contributed by atoms with Crippen molar-refractivity contribution < 1.29 is 18.0 Å². The molecule has 0 aliphatic heterocycles. The monoisotopic (exact) mass is 297 g/mol. The Labute approximate surface area is 119 Å². The molecule has 0 atom stereocenters. The van der Waals surface area contributed by atoms with Gasteiger partial charge in [0, 0.05) is 23.8 Å². The maximum atomic E-state index is 12.7. The summed E-state index contributed by atoms with van der Waals surface area (Å²) in [5.41, 5.74) is 0.0501. The summed E-state index contributed by atoms with van der Waals surface area (Å²) in [6, 6.07) is 4.97. The summed E-state index contributed by atoms with van der Waals surface area (Å²) in [7, 11) is 0. The number of amides is 1. The van der Waals surface area contributed by atoms with Crippen LogP contribution in [0.15, 0.2) is 30.5 Å². The number of carbonyl (C=O) groups excluding carboxylic acids is 1. The summed E-state index contributed by atoms with van der Waals surface area (Å²) < 4.78 is 38.0. The molecule has 0 unspecified atom stereocenters. The molecule has 21 heavy (non-hydrogen) atoms. The van der Waals surface area contributed by atoms with Crippen molar-refractivity contribution >= 4 is 22.5 Å². The maximum absolute atomic E-state index is 12.7. The highest BCUT2D eigenvalue weighted by Crippen LogP contribution is 2.32. The van der Waals surface area contributed by atoms with Crippen molar-refractivity contribution in [3.63, 3.8) is 0 Å². The lowest BCUT2D eigenvalue weighted by atomic mass is 10.1. The van der Waals surface area contributed by atoms with Crippen molar-refractivity contribution in [2.45, 2.75) is 13.1 Å². The molecule has 0 saturated carbocycles.